The number of fused-ring (bicyclic) bond motifs is 2. The number of carbonyl (C=O) groups excluding carboxylic acids is 6. The highest BCUT2D eigenvalue weighted by Crippen LogP contribution is 2.33. The van der Waals surface area contributed by atoms with Crippen LogP contribution in [0.4, 0.5) is 11.5 Å². The second-order valence-electron chi connectivity index (χ2n) is 16.7. The van der Waals surface area contributed by atoms with E-state index in [2.05, 4.69) is 55.0 Å². The number of carbonyl (C=O) groups is 6. The Morgan fingerprint density at radius 1 is 0.825 bits per heavy atom. The van der Waals surface area contributed by atoms with Crippen LogP contribution in [0.1, 0.15) is 77.7 Å². The van der Waals surface area contributed by atoms with Gasteiger partial charge in [0.25, 0.3) is 29.2 Å². The third-order valence-corrected chi connectivity index (χ3v) is 12.4. The molecule has 2 aromatic heterocycles. The number of pyridine rings is 1. The first-order valence-electron chi connectivity index (χ1n) is 21.1. The summed E-state index contributed by atoms with van der Waals surface area (Å²) >= 11 is 0. The summed E-state index contributed by atoms with van der Waals surface area (Å²) < 4.78 is 1.34. The zero-order chi connectivity index (χ0) is 43.9. The van der Waals surface area contributed by atoms with Gasteiger partial charge < -0.3 is 20.4 Å². The van der Waals surface area contributed by atoms with Crippen LogP contribution in [0.15, 0.2) is 89.9 Å². The van der Waals surface area contributed by atoms with Crippen molar-refractivity contribution < 1.29 is 28.8 Å². The van der Waals surface area contributed by atoms with Gasteiger partial charge in [0.2, 0.25) is 11.8 Å². The number of anilines is 2. The number of aromatic nitrogens is 3. The zero-order valence-corrected chi connectivity index (χ0v) is 34.9. The number of nitrogens with zero attached hydrogens (tertiary/aromatic N) is 7. The highest BCUT2D eigenvalue weighted by Gasteiger charge is 2.46. The Hall–Kier alpha value is -7.11. The second-order valence-corrected chi connectivity index (χ2v) is 16.7. The van der Waals surface area contributed by atoms with Crippen molar-refractivity contribution in [1.29, 1.82) is 0 Å². The molecule has 0 spiro atoms. The van der Waals surface area contributed by atoms with E-state index in [1.54, 1.807) is 43.6 Å². The molecule has 322 valence electrons. The first kappa shape index (κ1) is 41.3. The van der Waals surface area contributed by atoms with E-state index in [0.29, 0.717) is 60.6 Å². The molecular weight excluding hydrogens is 805 g/mol. The molecule has 6 amide bonds. The summed E-state index contributed by atoms with van der Waals surface area (Å²) in [4.78, 5) is 102. The van der Waals surface area contributed by atoms with Crippen LogP contribution in [0.3, 0.4) is 0 Å². The molecule has 9 rings (SSSR count). The molecule has 3 saturated heterocycles. The summed E-state index contributed by atoms with van der Waals surface area (Å²) in [6.07, 6.45) is 2.56. The summed E-state index contributed by atoms with van der Waals surface area (Å²) in [6.45, 7) is 4.84. The monoisotopic (exact) mass is 850 g/mol. The number of piperidine rings is 2. The van der Waals surface area contributed by atoms with Crippen molar-refractivity contribution in [1.82, 2.24) is 39.7 Å². The SMILES string of the molecule is CN1CC(Nc2nn(C)c(=O)c3cccnc23)CC(c2ccc(C(=O)N3CCN(Cc4ccc(C(=O)Nc5cccc6c5C(=O)N(C5CCC(=O)NC5=O)C6=O)cc4)CC3)cc2)C1. The molecule has 0 aliphatic carbocycles. The third-order valence-electron chi connectivity index (χ3n) is 12.4. The first-order chi connectivity index (χ1) is 30.4. The fraction of sp³-hybridized carbons (Fsp3) is 0.326. The van der Waals surface area contributed by atoms with Crippen molar-refractivity contribution in [2.24, 2.45) is 7.05 Å². The molecule has 3 fully saturated rings. The highest BCUT2D eigenvalue weighted by molar-refractivity contribution is 6.26. The predicted molar refractivity (Wildman–Crippen MR) is 232 cm³/mol. The van der Waals surface area contributed by atoms with E-state index in [9.17, 15) is 33.6 Å². The number of nitrogens with one attached hydrogen (secondary N) is 3. The molecule has 4 aliphatic rings. The Balaban J connectivity index is 0.767. The van der Waals surface area contributed by atoms with Gasteiger partial charge in [-0.3, -0.25) is 53.7 Å². The number of likely N-dealkylation sites (N-methyl/N-ethyl adjacent to an activating group) is 1. The fourth-order valence-corrected chi connectivity index (χ4v) is 9.16. The Morgan fingerprint density at radius 3 is 2.32 bits per heavy atom. The number of hydrogen-bond donors (Lipinski definition) is 3. The molecular formula is C46H46N10O7. The molecule has 0 radical (unpaired) electrons. The maximum absolute atomic E-state index is 13.6. The molecule has 3 unspecified atom stereocenters. The minimum absolute atomic E-state index is 0.00387. The maximum Gasteiger partial charge on any atom is 0.276 e. The molecule has 5 aromatic rings. The molecule has 4 aliphatic heterocycles. The van der Waals surface area contributed by atoms with E-state index in [-0.39, 0.29) is 53.1 Å². The Morgan fingerprint density at radius 2 is 1.57 bits per heavy atom. The standard InChI is InChI=1S/C46H46N10O7/c1-52-25-31(23-32(26-52)48-40-39-34(6-4-18-47-39)44(61)53(2)51-40)28-12-14-30(15-13-28)43(60)55-21-19-54(20-22-55)24-27-8-10-29(11-9-27)41(58)49-35-7-3-5-33-38(35)46(63)56(45(33)62)36-16-17-37(57)50-42(36)59/h3-15,18,31-32,36H,16-17,19-26H2,1-2H3,(H,48,51)(H,49,58)(H,50,57,59). The van der Waals surface area contributed by atoms with Crippen molar-refractivity contribution in [3.8, 4) is 0 Å². The van der Waals surface area contributed by atoms with Gasteiger partial charge in [-0.1, -0.05) is 30.3 Å². The summed E-state index contributed by atoms with van der Waals surface area (Å²) in [5, 5.41) is 13.5. The second kappa shape index (κ2) is 17.0. The van der Waals surface area contributed by atoms with Crippen LogP contribution in [-0.4, -0.2) is 128 Å². The number of amides is 6. The molecule has 0 bridgehead atoms. The van der Waals surface area contributed by atoms with Crippen LogP contribution in [0.25, 0.3) is 10.9 Å². The van der Waals surface area contributed by atoms with Crippen molar-refractivity contribution in [2.45, 2.75) is 43.8 Å². The molecule has 17 nitrogen and oxygen atoms in total. The lowest BCUT2D eigenvalue weighted by atomic mass is 9.87. The van der Waals surface area contributed by atoms with Crippen LogP contribution >= 0.6 is 0 Å². The van der Waals surface area contributed by atoms with E-state index in [4.69, 9.17) is 0 Å². The lowest BCUT2D eigenvalue weighted by Gasteiger charge is -2.37. The number of imide groups is 2. The van der Waals surface area contributed by atoms with Gasteiger partial charge in [-0.15, -0.1) is 0 Å². The van der Waals surface area contributed by atoms with Gasteiger partial charge in [-0.2, -0.15) is 5.10 Å². The third kappa shape index (κ3) is 8.19. The smallest absolute Gasteiger partial charge is 0.276 e. The number of hydrogen-bond acceptors (Lipinski definition) is 12. The Kier molecular flexibility index (Phi) is 11.1. The fourth-order valence-electron chi connectivity index (χ4n) is 9.16. The van der Waals surface area contributed by atoms with Crippen LogP contribution in [-0.2, 0) is 23.2 Å². The van der Waals surface area contributed by atoms with E-state index < -0.39 is 35.6 Å². The van der Waals surface area contributed by atoms with Gasteiger partial charge in [0.15, 0.2) is 5.82 Å². The molecule has 3 aromatic carbocycles. The van der Waals surface area contributed by atoms with Crippen molar-refractivity contribution >= 4 is 57.9 Å². The first-order valence-corrected chi connectivity index (χ1v) is 21.1. The number of aryl methyl sites for hydroxylation is 1. The topological polar surface area (TPSA) is 199 Å². The van der Waals surface area contributed by atoms with Gasteiger partial charge >= 0.3 is 0 Å². The largest absolute Gasteiger partial charge is 0.363 e. The maximum atomic E-state index is 13.6. The van der Waals surface area contributed by atoms with Gasteiger partial charge in [0, 0.05) is 82.6 Å². The molecule has 17 heteroatoms. The van der Waals surface area contributed by atoms with Gasteiger partial charge in [0.05, 0.1) is 22.2 Å². The minimum Gasteiger partial charge on any atom is -0.363 e. The van der Waals surface area contributed by atoms with Crippen LogP contribution in [0, 0.1) is 0 Å². The van der Waals surface area contributed by atoms with E-state index >= 15 is 0 Å². The van der Waals surface area contributed by atoms with E-state index in [1.165, 1.54) is 16.8 Å². The van der Waals surface area contributed by atoms with E-state index in [0.717, 1.165) is 35.5 Å². The quantitative estimate of drug-likeness (QED) is 0.184. The Labute approximate surface area is 362 Å². The average molecular weight is 851 g/mol. The molecule has 3 N–H and O–H groups in total. The summed E-state index contributed by atoms with van der Waals surface area (Å²) in [5.41, 5.74) is 3.76. The van der Waals surface area contributed by atoms with Crippen molar-refractivity contribution in [3.05, 3.63) is 129 Å². The Bertz CT molecular complexity index is 2730. The van der Waals surface area contributed by atoms with Gasteiger partial charge in [-0.05, 0) is 85.5 Å². The molecule has 0 saturated carbocycles. The lowest BCUT2D eigenvalue weighted by Crippen LogP contribution is -2.54. The number of piperazine rings is 1. The van der Waals surface area contributed by atoms with Crippen LogP contribution in [0.5, 0.6) is 0 Å². The molecule has 6 heterocycles. The van der Waals surface area contributed by atoms with Crippen LogP contribution in [0.2, 0.25) is 0 Å². The number of benzene rings is 3. The van der Waals surface area contributed by atoms with Crippen molar-refractivity contribution in [3.63, 3.8) is 0 Å². The van der Waals surface area contributed by atoms with E-state index in [1.807, 2.05) is 29.2 Å². The van der Waals surface area contributed by atoms with Crippen LogP contribution < -0.4 is 21.5 Å². The highest BCUT2D eigenvalue weighted by atomic mass is 16.2. The average Bonchev–Trinajstić information content (AvgIpc) is 3.54. The number of likely N-dealkylation sites (tertiary alicyclic amines) is 1. The lowest BCUT2D eigenvalue weighted by molar-refractivity contribution is -0.136. The van der Waals surface area contributed by atoms with Crippen molar-refractivity contribution in [2.75, 3.05) is 56.9 Å². The summed E-state index contributed by atoms with van der Waals surface area (Å²) in [7, 11) is 3.73. The van der Waals surface area contributed by atoms with Gasteiger partial charge in [-0.25, -0.2) is 4.68 Å². The summed E-state index contributed by atoms with van der Waals surface area (Å²) in [6, 6.07) is 22.1. The summed E-state index contributed by atoms with van der Waals surface area (Å²) in [5.74, 6) is -2.17. The number of rotatable bonds is 9. The molecule has 3 atom stereocenters. The normalized spacial score (nSPS) is 20.8. The minimum atomic E-state index is -1.11. The molecule has 63 heavy (non-hydrogen) atoms. The zero-order valence-electron chi connectivity index (χ0n) is 34.9. The predicted octanol–water partition coefficient (Wildman–Crippen LogP) is 2.84. The van der Waals surface area contributed by atoms with Gasteiger partial charge in [0.1, 0.15) is 11.6 Å².